The van der Waals surface area contributed by atoms with Crippen LogP contribution in [-0.4, -0.2) is 33.4 Å². The largest absolute Gasteiger partial charge is 0.573 e. The third-order valence-electron chi connectivity index (χ3n) is 4.29. The molecule has 0 saturated heterocycles. The van der Waals surface area contributed by atoms with Crippen molar-refractivity contribution in [1.82, 2.24) is 9.71 Å². The Labute approximate surface area is 161 Å². The summed E-state index contributed by atoms with van der Waals surface area (Å²) in [7, 11) is -1.97. The maximum atomic E-state index is 12.5. The molecule has 0 spiro atoms. The molecule has 0 amide bonds. The minimum atomic E-state index is -4.78. The molecule has 0 atom stereocenters. The van der Waals surface area contributed by atoms with E-state index in [1.165, 1.54) is 36.5 Å². The first-order chi connectivity index (χ1) is 13.1. The van der Waals surface area contributed by atoms with Gasteiger partial charge < -0.3 is 9.64 Å². The van der Waals surface area contributed by atoms with E-state index in [2.05, 4.69) is 14.4 Å². The quantitative estimate of drug-likeness (QED) is 0.716. The van der Waals surface area contributed by atoms with E-state index in [1.54, 1.807) is 18.0 Å². The summed E-state index contributed by atoms with van der Waals surface area (Å²) in [5.74, 6) is 0.542. The van der Waals surface area contributed by atoms with E-state index < -0.39 is 16.4 Å². The number of para-hydroxylation sites is 1. The molecular formula is C18H20F3N3O3S. The predicted octanol–water partition coefficient (Wildman–Crippen LogP) is 3.30. The molecule has 10 heteroatoms. The Hall–Kier alpha value is -2.33. The number of alkyl halides is 3. The molecule has 1 saturated carbocycles. The topological polar surface area (TPSA) is 71.5 Å². The van der Waals surface area contributed by atoms with Crippen molar-refractivity contribution in [1.29, 1.82) is 0 Å². The van der Waals surface area contributed by atoms with Gasteiger partial charge in [-0.1, -0.05) is 18.2 Å². The average molecular weight is 415 g/mol. The molecule has 0 unspecified atom stereocenters. The van der Waals surface area contributed by atoms with Gasteiger partial charge >= 0.3 is 6.36 Å². The summed E-state index contributed by atoms with van der Waals surface area (Å²) in [6.07, 6.45) is -1.48. The van der Waals surface area contributed by atoms with Crippen LogP contribution in [0.2, 0.25) is 0 Å². The van der Waals surface area contributed by atoms with Crippen LogP contribution in [0.5, 0.6) is 5.75 Å². The minimum Gasteiger partial charge on any atom is -0.405 e. The first-order valence-corrected chi connectivity index (χ1v) is 10.1. The number of ether oxygens (including phenoxy) is 1. The number of pyridine rings is 1. The van der Waals surface area contributed by atoms with E-state index in [-0.39, 0.29) is 17.2 Å². The molecule has 1 heterocycles. The van der Waals surface area contributed by atoms with Gasteiger partial charge in [0.1, 0.15) is 16.5 Å². The van der Waals surface area contributed by atoms with Crippen LogP contribution in [0.3, 0.4) is 0 Å². The van der Waals surface area contributed by atoms with E-state index >= 15 is 0 Å². The Morgan fingerprint density at radius 1 is 1.21 bits per heavy atom. The highest BCUT2D eigenvalue weighted by molar-refractivity contribution is 7.89. The lowest BCUT2D eigenvalue weighted by Gasteiger charge is -2.20. The minimum absolute atomic E-state index is 0.0473. The van der Waals surface area contributed by atoms with Gasteiger partial charge in [-0.25, -0.2) is 18.1 Å². The molecule has 1 aromatic carbocycles. The molecule has 1 aliphatic carbocycles. The zero-order chi connectivity index (χ0) is 20.4. The van der Waals surface area contributed by atoms with E-state index in [0.717, 1.165) is 12.8 Å². The first kappa shape index (κ1) is 20.4. The van der Waals surface area contributed by atoms with Crippen molar-refractivity contribution in [3.05, 3.63) is 48.2 Å². The highest BCUT2D eigenvalue weighted by atomic mass is 32.2. The number of aromatic nitrogens is 1. The van der Waals surface area contributed by atoms with Gasteiger partial charge in [-0.05, 0) is 37.0 Å². The third-order valence-corrected chi connectivity index (χ3v) is 5.70. The van der Waals surface area contributed by atoms with Crippen LogP contribution in [0.25, 0.3) is 0 Å². The van der Waals surface area contributed by atoms with Gasteiger partial charge in [0.15, 0.2) is 0 Å². The Balaban J connectivity index is 1.69. The first-order valence-electron chi connectivity index (χ1n) is 8.64. The maximum absolute atomic E-state index is 12.5. The standard InChI is InChI=1S/C18H20F3N3O3S/c1-24(12-14-4-2-3-5-16(14)27-18(19,20)21)17-9-8-15(11-22-17)28(25,26)23-10-13-6-7-13/h2-5,8-9,11,13,23H,6-7,10,12H2,1H3. The van der Waals surface area contributed by atoms with Crippen LogP contribution >= 0.6 is 0 Å². The molecule has 2 aromatic rings. The van der Waals surface area contributed by atoms with E-state index in [0.29, 0.717) is 23.8 Å². The summed E-state index contributed by atoms with van der Waals surface area (Å²) in [4.78, 5) is 5.78. The van der Waals surface area contributed by atoms with Gasteiger partial charge in [0.25, 0.3) is 0 Å². The zero-order valence-electron chi connectivity index (χ0n) is 15.1. The zero-order valence-corrected chi connectivity index (χ0v) is 15.9. The number of hydrogen-bond acceptors (Lipinski definition) is 5. The monoisotopic (exact) mass is 415 g/mol. The summed E-state index contributed by atoms with van der Waals surface area (Å²) in [5.41, 5.74) is 0.326. The molecule has 1 fully saturated rings. The number of nitrogens with one attached hydrogen (secondary N) is 1. The Bertz CT molecular complexity index is 914. The molecule has 0 radical (unpaired) electrons. The van der Waals surface area contributed by atoms with E-state index in [9.17, 15) is 21.6 Å². The van der Waals surface area contributed by atoms with Crippen LogP contribution in [0.15, 0.2) is 47.5 Å². The van der Waals surface area contributed by atoms with Crippen molar-refractivity contribution >= 4 is 15.8 Å². The van der Waals surface area contributed by atoms with Crippen LogP contribution < -0.4 is 14.4 Å². The van der Waals surface area contributed by atoms with Crippen LogP contribution in [0.1, 0.15) is 18.4 Å². The fourth-order valence-electron chi connectivity index (χ4n) is 2.59. The molecule has 152 valence electrons. The second kappa shape index (κ2) is 7.96. The Kier molecular flexibility index (Phi) is 5.80. The SMILES string of the molecule is CN(Cc1ccccc1OC(F)(F)F)c1ccc(S(=O)(=O)NCC2CC2)cn1. The van der Waals surface area contributed by atoms with Crippen LogP contribution in [0.4, 0.5) is 19.0 Å². The number of hydrogen-bond donors (Lipinski definition) is 1. The number of benzene rings is 1. The number of rotatable bonds is 8. The molecule has 3 rings (SSSR count). The van der Waals surface area contributed by atoms with Crippen molar-refractivity contribution in [2.75, 3.05) is 18.5 Å². The smallest absolute Gasteiger partial charge is 0.405 e. The molecule has 1 N–H and O–H groups in total. The normalized spacial score (nSPS) is 14.7. The molecule has 1 aliphatic rings. The van der Waals surface area contributed by atoms with Crippen molar-refractivity contribution in [2.45, 2.75) is 30.6 Å². The average Bonchev–Trinajstić information content (AvgIpc) is 3.45. The number of anilines is 1. The summed E-state index contributed by atoms with van der Waals surface area (Å²) < 4.78 is 68.7. The molecule has 6 nitrogen and oxygen atoms in total. The van der Waals surface area contributed by atoms with Crippen molar-refractivity contribution in [2.24, 2.45) is 5.92 Å². The van der Waals surface area contributed by atoms with Crippen LogP contribution in [0, 0.1) is 5.92 Å². The lowest BCUT2D eigenvalue weighted by atomic mass is 10.2. The molecule has 0 bridgehead atoms. The van der Waals surface area contributed by atoms with Gasteiger partial charge in [-0.2, -0.15) is 0 Å². The second-order valence-corrected chi connectivity index (χ2v) is 8.43. The van der Waals surface area contributed by atoms with Crippen molar-refractivity contribution in [3.63, 3.8) is 0 Å². The van der Waals surface area contributed by atoms with Gasteiger partial charge in [-0.15, -0.1) is 13.2 Å². The lowest BCUT2D eigenvalue weighted by molar-refractivity contribution is -0.274. The van der Waals surface area contributed by atoms with Crippen molar-refractivity contribution in [3.8, 4) is 5.75 Å². The summed E-state index contributed by atoms with van der Waals surface area (Å²) in [6, 6.07) is 8.77. The summed E-state index contributed by atoms with van der Waals surface area (Å²) in [5, 5.41) is 0. The molecule has 1 aromatic heterocycles. The number of nitrogens with zero attached hydrogens (tertiary/aromatic N) is 2. The van der Waals surface area contributed by atoms with E-state index in [1.807, 2.05) is 0 Å². The van der Waals surface area contributed by atoms with Crippen molar-refractivity contribution < 1.29 is 26.3 Å². The number of halogens is 3. The number of sulfonamides is 1. The Morgan fingerprint density at radius 2 is 1.93 bits per heavy atom. The maximum Gasteiger partial charge on any atom is 0.573 e. The lowest BCUT2D eigenvalue weighted by Crippen LogP contribution is -2.26. The highest BCUT2D eigenvalue weighted by Crippen LogP contribution is 2.29. The fraction of sp³-hybridized carbons (Fsp3) is 0.389. The Morgan fingerprint density at radius 3 is 2.54 bits per heavy atom. The van der Waals surface area contributed by atoms with Gasteiger partial charge in [0.05, 0.1) is 0 Å². The van der Waals surface area contributed by atoms with Crippen LogP contribution in [-0.2, 0) is 16.6 Å². The summed E-state index contributed by atoms with van der Waals surface area (Å²) in [6.45, 7) is 0.519. The van der Waals surface area contributed by atoms with Gasteiger partial charge in [0, 0.05) is 31.9 Å². The van der Waals surface area contributed by atoms with Gasteiger partial charge in [-0.3, -0.25) is 0 Å². The molecule has 0 aliphatic heterocycles. The highest BCUT2D eigenvalue weighted by Gasteiger charge is 2.32. The fourth-order valence-corrected chi connectivity index (χ4v) is 3.65. The van der Waals surface area contributed by atoms with E-state index in [4.69, 9.17) is 0 Å². The second-order valence-electron chi connectivity index (χ2n) is 6.66. The predicted molar refractivity (Wildman–Crippen MR) is 97.4 cm³/mol. The molecular weight excluding hydrogens is 395 g/mol. The molecule has 28 heavy (non-hydrogen) atoms. The third kappa shape index (κ3) is 5.59. The van der Waals surface area contributed by atoms with Gasteiger partial charge in [0.2, 0.25) is 10.0 Å². The summed E-state index contributed by atoms with van der Waals surface area (Å²) >= 11 is 0.